The van der Waals surface area contributed by atoms with Crippen LogP contribution in [0.1, 0.15) is 21.0 Å². The molecule has 1 aromatic heterocycles. The molecule has 20 heavy (non-hydrogen) atoms. The average molecular weight is 297 g/mol. The second kappa shape index (κ2) is 5.51. The number of rotatable bonds is 3. The van der Waals surface area contributed by atoms with E-state index in [0.29, 0.717) is 12.2 Å². The molecule has 2 rings (SSSR count). The highest BCUT2D eigenvalue weighted by Crippen LogP contribution is 2.33. The lowest BCUT2D eigenvalue weighted by molar-refractivity contribution is -0.137. The molecule has 0 spiro atoms. The maximum Gasteiger partial charge on any atom is 0.417 e. The first-order valence-corrected chi connectivity index (χ1v) is 6.48. The highest BCUT2D eigenvalue weighted by Gasteiger charge is 2.33. The van der Waals surface area contributed by atoms with Crippen LogP contribution < -0.4 is 5.32 Å². The Morgan fingerprint density at radius 3 is 2.70 bits per heavy atom. The van der Waals surface area contributed by atoms with Crippen LogP contribution in [0.5, 0.6) is 0 Å². The van der Waals surface area contributed by atoms with Crippen LogP contribution in [-0.4, -0.2) is 4.98 Å². The van der Waals surface area contributed by atoms with Crippen LogP contribution in [0.2, 0.25) is 0 Å². The predicted octanol–water partition coefficient (Wildman–Crippen LogP) is 3.95. The fourth-order valence-electron chi connectivity index (χ4n) is 1.66. The Kier molecular flexibility index (Phi) is 3.95. The Hall–Kier alpha value is -2.07. The molecule has 1 heterocycles. The van der Waals surface area contributed by atoms with Crippen molar-refractivity contribution in [1.82, 2.24) is 4.98 Å². The van der Waals surface area contributed by atoms with Crippen molar-refractivity contribution < 1.29 is 13.2 Å². The number of aromatic nitrogens is 1. The molecule has 0 fully saturated rings. The zero-order chi connectivity index (χ0) is 14.8. The summed E-state index contributed by atoms with van der Waals surface area (Å²) in [5.74, 6) is 0. The molecule has 2 aromatic rings. The molecular formula is C13H10F3N3S. The molecule has 0 atom stereocenters. The molecule has 0 bridgehead atoms. The Bertz CT molecular complexity index is 656. The van der Waals surface area contributed by atoms with E-state index in [4.69, 9.17) is 5.26 Å². The minimum atomic E-state index is -4.54. The number of aryl methyl sites for hydroxylation is 1. The number of nitrogens with one attached hydrogen (secondary N) is 1. The van der Waals surface area contributed by atoms with Gasteiger partial charge in [-0.05, 0) is 25.1 Å². The zero-order valence-corrected chi connectivity index (χ0v) is 11.3. The van der Waals surface area contributed by atoms with E-state index < -0.39 is 11.7 Å². The van der Waals surface area contributed by atoms with E-state index in [1.807, 2.05) is 6.92 Å². The standard InChI is InChI=1S/C13H10F3N3S/c1-8-18-6-11(20-8)7-19-10-3-2-9(5-17)12(4-10)13(14,15)16/h2-4,6,19H,7H2,1H3. The van der Waals surface area contributed by atoms with Crippen LogP contribution in [-0.2, 0) is 12.7 Å². The summed E-state index contributed by atoms with van der Waals surface area (Å²) >= 11 is 1.48. The third-order valence-electron chi connectivity index (χ3n) is 2.58. The minimum Gasteiger partial charge on any atom is -0.380 e. The first-order valence-electron chi connectivity index (χ1n) is 5.66. The van der Waals surface area contributed by atoms with Gasteiger partial charge in [0.25, 0.3) is 0 Å². The number of benzene rings is 1. The highest BCUT2D eigenvalue weighted by atomic mass is 32.1. The maximum atomic E-state index is 12.8. The highest BCUT2D eigenvalue weighted by molar-refractivity contribution is 7.11. The Morgan fingerprint density at radius 1 is 1.40 bits per heavy atom. The maximum absolute atomic E-state index is 12.8. The lowest BCUT2D eigenvalue weighted by atomic mass is 10.1. The lowest BCUT2D eigenvalue weighted by Crippen LogP contribution is -2.09. The minimum absolute atomic E-state index is 0.322. The fourth-order valence-corrected chi connectivity index (χ4v) is 2.40. The lowest BCUT2D eigenvalue weighted by Gasteiger charge is -2.11. The van der Waals surface area contributed by atoms with E-state index in [1.54, 1.807) is 12.3 Å². The molecule has 0 saturated carbocycles. The van der Waals surface area contributed by atoms with Gasteiger partial charge in [-0.1, -0.05) is 0 Å². The molecule has 3 nitrogen and oxygen atoms in total. The van der Waals surface area contributed by atoms with Gasteiger partial charge in [-0.3, -0.25) is 0 Å². The second-order valence-electron chi connectivity index (χ2n) is 4.07. The number of hydrogen-bond acceptors (Lipinski definition) is 4. The SMILES string of the molecule is Cc1ncc(CNc2ccc(C#N)c(C(F)(F)F)c2)s1. The number of alkyl halides is 3. The molecule has 0 aliphatic heterocycles. The summed E-state index contributed by atoms with van der Waals surface area (Å²) in [6.07, 6.45) is -2.86. The van der Waals surface area contributed by atoms with Gasteiger partial charge in [0.15, 0.2) is 0 Å². The van der Waals surface area contributed by atoms with Crippen LogP contribution in [0.25, 0.3) is 0 Å². The summed E-state index contributed by atoms with van der Waals surface area (Å²) in [6, 6.07) is 5.13. The van der Waals surface area contributed by atoms with Gasteiger partial charge in [0, 0.05) is 16.8 Å². The van der Waals surface area contributed by atoms with Gasteiger partial charge in [0.1, 0.15) is 0 Å². The summed E-state index contributed by atoms with van der Waals surface area (Å²) in [6.45, 7) is 2.26. The molecule has 0 amide bonds. The van der Waals surface area contributed by atoms with Crippen molar-refractivity contribution in [2.75, 3.05) is 5.32 Å². The topological polar surface area (TPSA) is 48.7 Å². The second-order valence-corrected chi connectivity index (χ2v) is 5.39. The van der Waals surface area contributed by atoms with Crippen molar-refractivity contribution in [3.8, 4) is 6.07 Å². The number of thiazole rings is 1. The fraction of sp³-hybridized carbons (Fsp3) is 0.231. The first-order chi connectivity index (χ1) is 9.40. The van der Waals surface area contributed by atoms with E-state index in [1.165, 1.54) is 23.5 Å². The molecule has 0 aliphatic carbocycles. The van der Waals surface area contributed by atoms with Crippen molar-refractivity contribution in [1.29, 1.82) is 5.26 Å². The first kappa shape index (κ1) is 14.3. The summed E-state index contributed by atoms with van der Waals surface area (Å²) in [7, 11) is 0. The number of halogens is 3. The van der Waals surface area contributed by atoms with Gasteiger partial charge in [0.05, 0.1) is 28.7 Å². The Morgan fingerprint density at radius 2 is 2.15 bits per heavy atom. The van der Waals surface area contributed by atoms with Crippen LogP contribution in [0.15, 0.2) is 24.4 Å². The largest absolute Gasteiger partial charge is 0.417 e. The van der Waals surface area contributed by atoms with Crippen molar-refractivity contribution in [2.45, 2.75) is 19.6 Å². The third kappa shape index (κ3) is 3.27. The van der Waals surface area contributed by atoms with Crippen molar-refractivity contribution in [3.63, 3.8) is 0 Å². The molecule has 0 saturated heterocycles. The van der Waals surface area contributed by atoms with E-state index >= 15 is 0 Å². The van der Waals surface area contributed by atoms with Gasteiger partial charge in [0.2, 0.25) is 0 Å². The average Bonchev–Trinajstić information content (AvgIpc) is 2.81. The van der Waals surface area contributed by atoms with Crippen LogP contribution >= 0.6 is 11.3 Å². The van der Waals surface area contributed by atoms with Gasteiger partial charge in [-0.15, -0.1) is 11.3 Å². The van der Waals surface area contributed by atoms with E-state index in [0.717, 1.165) is 16.0 Å². The molecule has 0 aliphatic rings. The van der Waals surface area contributed by atoms with Crippen molar-refractivity contribution >= 4 is 17.0 Å². The predicted molar refractivity (Wildman–Crippen MR) is 70.3 cm³/mol. The van der Waals surface area contributed by atoms with Crippen molar-refractivity contribution in [2.24, 2.45) is 0 Å². The van der Waals surface area contributed by atoms with Gasteiger partial charge in [-0.2, -0.15) is 18.4 Å². The monoisotopic (exact) mass is 297 g/mol. The van der Waals surface area contributed by atoms with E-state index in [9.17, 15) is 13.2 Å². The van der Waals surface area contributed by atoms with Gasteiger partial charge >= 0.3 is 6.18 Å². The van der Waals surface area contributed by atoms with Crippen LogP contribution in [0.4, 0.5) is 18.9 Å². The third-order valence-corrected chi connectivity index (χ3v) is 3.49. The van der Waals surface area contributed by atoms with Crippen LogP contribution in [0.3, 0.4) is 0 Å². The summed E-state index contributed by atoms with van der Waals surface area (Å²) in [4.78, 5) is 5.00. The zero-order valence-electron chi connectivity index (χ0n) is 10.5. The molecule has 0 unspecified atom stereocenters. The van der Waals surface area contributed by atoms with Crippen LogP contribution in [0, 0.1) is 18.3 Å². The Labute approximate surface area is 117 Å². The summed E-state index contributed by atoms with van der Waals surface area (Å²) < 4.78 is 38.4. The molecule has 1 N–H and O–H groups in total. The molecule has 104 valence electrons. The number of nitrogens with zero attached hydrogens (tertiary/aromatic N) is 2. The van der Waals surface area contributed by atoms with Gasteiger partial charge in [-0.25, -0.2) is 4.98 Å². The molecule has 7 heteroatoms. The number of anilines is 1. The molecule has 1 aromatic carbocycles. The number of nitriles is 1. The summed E-state index contributed by atoms with van der Waals surface area (Å²) in [5.41, 5.74) is -0.982. The number of hydrogen-bond donors (Lipinski definition) is 1. The quantitative estimate of drug-likeness (QED) is 0.933. The van der Waals surface area contributed by atoms with Crippen molar-refractivity contribution in [3.05, 3.63) is 45.4 Å². The normalized spacial score (nSPS) is 11.2. The Balaban J connectivity index is 2.19. The van der Waals surface area contributed by atoms with E-state index in [-0.39, 0.29) is 5.56 Å². The molecule has 0 radical (unpaired) electrons. The smallest absolute Gasteiger partial charge is 0.380 e. The van der Waals surface area contributed by atoms with E-state index in [2.05, 4.69) is 10.3 Å². The van der Waals surface area contributed by atoms with Gasteiger partial charge < -0.3 is 5.32 Å². The molecular weight excluding hydrogens is 287 g/mol. The summed E-state index contributed by atoms with van der Waals surface area (Å²) in [5, 5.41) is 12.5.